The Bertz CT molecular complexity index is 463. The Morgan fingerprint density at radius 1 is 1.28 bits per heavy atom. The zero-order chi connectivity index (χ0) is 13.1. The van der Waals surface area contributed by atoms with E-state index in [0.717, 1.165) is 18.4 Å². The summed E-state index contributed by atoms with van der Waals surface area (Å²) in [6.07, 6.45) is 2.87. The maximum absolute atomic E-state index is 12.0. The van der Waals surface area contributed by atoms with Gasteiger partial charge in [0.2, 0.25) is 0 Å². The van der Waals surface area contributed by atoms with Crippen LogP contribution in [-0.2, 0) is 4.79 Å². The fourth-order valence-electron chi connectivity index (χ4n) is 2.13. The zero-order valence-electron chi connectivity index (χ0n) is 11.0. The summed E-state index contributed by atoms with van der Waals surface area (Å²) in [5, 5.41) is 9.19. The fourth-order valence-corrected chi connectivity index (χ4v) is 2.13. The summed E-state index contributed by atoms with van der Waals surface area (Å²) in [4.78, 5) is 12.0. The molecule has 0 aliphatic heterocycles. The van der Waals surface area contributed by atoms with Crippen LogP contribution in [0.15, 0.2) is 24.3 Å². The van der Waals surface area contributed by atoms with E-state index in [1.54, 1.807) is 0 Å². The van der Waals surface area contributed by atoms with Crippen LogP contribution in [0.5, 0.6) is 0 Å². The second-order valence-electron chi connectivity index (χ2n) is 5.50. The third kappa shape index (κ3) is 2.98. The highest BCUT2D eigenvalue weighted by Crippen LogP contribution is 2.34. The Kier molecular flexibility index (Phi) is 3.81. The highest BCUT2D eigenvalue weighted by Gasteiger charge is 2.29. The Morgan fingerprint density at radius 3 is 2.28 bits per heavy atom. The number of rotatable bonds is 5. The van der Waals surface area contributed by atoms with E-state index in [9.17, 15) is 10.1 Å². The van der Waals surface area contributed by atoms with Crippen molar-refractivity contribution in [2.45, 2.75) is 44.9 Å². The molecule has 0 saturated heterocycles. The van der Waals surface area contributed by atoms with Gasteiger partial charge in [-0.05, 0) is 35.8 Å². The summed E-state index contributed by atoms with van der Waals surface area (Å²) in [6, 6.07) is 10.0. The first kappa shape index (κ1) is 12.8. The Labute approximate surface area is 109 Å². The third-order valence-corrected chi connectivity index (χ3v) is 3.57. The average Bonchev–Trinajstić information content (AvgIpc) is 3.14. The predicted octanol–water partition coefficient (Wildman–Crippen LogP) is 3.79. The fraction of sp³-hybridized carbons (Fsp3) is 0.500. The van der Waals surface area contributed by atoms with Crippen LogP contribution in [0, 0.1) is 17.2 Å². The van der Waals surface area contributed by atoms with E-state index in [1.165, 1.54) is 5.56 Å². The van der Waals surface area contributed by atoms with Gasteiger partial charge in [0.05, 0.1) is 6.07 Å². The van der Waals surface area contributed by atoms with Crippen molar-refractivity contribution in [2.24, 2.45) is 5.92 Å². The van der Waals surface area contributed by atoms with Crippen LogP contribution in [0.3, 0.4) is 0 Å². The number of nitriles is 1. The van der Waals surface area contributed by atoms with Crippen molar-refractivity contribution in [1.82, 2.24) is 0 Å². The normalized spacial score (nSPS) is 16.3. The van der Waals surface area contributed by atoms with Gasteiger partial charge in [0, 0.05) is 6.42 Å². The van der Waals surface area contributed by atoms with Gasteiger partial charge in [-0.2, -0.15) is 5.26 Å². The lowest BCUT2D eigenvalue weighted by Gasteiger charge is -2.10. The molecule has 2 rings (SSSR count). The lowest BCUT2D eigenvalue weighted by atomic mass is 9.91. The molecule has 0 amide bonds. The molecule has 0 aromatic heterocycles. The van der Waals surface area contributed by atoms with Gasteiger partial charge >= 0.3 is 0 Å². The Balaban J connectivity index is 2.11. The second-order valence-corrected chi connectivity index (χ2v) is 5.50. The van der Waals surface area contributed by atoms with Crippen molar-refractivity contribution in [3.05, 3.63) is 35.4 Å². The lowest BCUT2D eigenvalue weighted by molar-refractivity contribution is -0.119. The molecule has 1 atom stereocenters. The number of hydrogen-bond donors (Lipinski definition) is 0. The molecule has 94 valence electrons. The second kappa shape index (κ2) is 5.35. The number of carbonyl (C=O) groups excluding carboxylic acids is 1. The van der Waals surface area contributed by atoms with Gasteiger partial charge in [0.15, 0.2) is 5.78 Å². The molecule has 0 bridgehead atoms. The van der Waals surface area contributed by atoms with Crippen LogP contribution in [0.4, 0.5) is 0 Å². The van der Waals surface area contributed by atoms with E-state index in [-0.39, 0.29) is 5.78 Å². The van der Waals surface area contributed by atoms with Crippen LogP contribution >= 0.6 is 0 Å². The van der Waals surface area contributed by atoms with Crippen molar-refractivity contribution >= 4 is 5.78 Å². The molecule has 0 spiro atoms. The zero-order valence-corrected chi connectivity index (χ0v) is 11.0. The summed E-state index contributed by atoms with van der Waals surface area (Å²) in [5.41, 5.74) is 2.08. The lowest BCUT2D eigenvalue weighted by Crippen LogP contribution is -2.11. The summed E-state index contributed by atoms with van der Waals surface area (Å²) < 4.78 is 0. The largest absolute Gasteiger partial charge is 0.298 e. The van der Waals surface area contributed by atoms with Gasteiger partial charge in [-0.25, -0.2) is 0 Å². The molecule has 0 radical (unpaired) electrons. The monoisotopic (exact) mass is 241 g/mol. The van der Waals surface area contributed by atoms with Gasteiger partial charge in [-0.1, -0.05) is 38.1 Å². The number of carbonyl (C=O) groups is 1. The van der Waals surface area contributed by atoms with Crippen molar-refractivity contribution in [1.29, 1.82) is 5.26 Å². The average molecular weight is 241 g/mol. The van der Waals surface area contributed by atoms with E-state index < -0.39 is 5.92 Å². The van der Waals surface area contributed by atoms with E-state index in [2.05, 4.69) is 19.9 Å². The topological polar surface area (TPSA) is 40.9 Å². The van der Waals surface area contributed by atoms with Crippen molar-refractivity contribution in [2.75, 3.05) is 0 Å². The smallest absolute Gasteiger partial charge is 0.154 e. The first-order valence-electron chi connectivity index (χ1n) is 6.64. The van der Waals surface area contributed by atoms with Gasteiger partial charge < -0.3 is 0 Å². The van der Waals surface area contributed by atoms with E-state index in [0.29, 0.717) is 18.3 Å². The van der Waals surface area contributed by atoms with Crippen LogP contribution in [0.25, 0.3) is 0 Å². The number of nitrogens with zero attached hydrogens (tertiary/aromatic N) is 1. The minimum Gasteiger partial charge on any atom is -0.298 e. The molecule has 1 aromatic carbocycles. The summed E-state index contributed by atoms with van der Waals surface area (Å²) in [7, 11) is 0. The van der Waals surface area contributed by atoms with Crippen LogP contribution in [0.2, 0.25) is 0 Å². The van der Waals surface area contributed by atoms with Crippen LogP contribution < -0.4 is 0 Å². The van der Waals surface area contributed by atoms with Gasteiger partial charge in [0.25, 0.3) is 0 Å². The third-order valence-electron chi connectivity index (χ3n) is 3.57. The van der Waals surface area contributed by atoms with Crippen molar-refractivity contribution in [3.63, 3.8) is 0 Å². The molecule has 18 heavy (non-hydrogen) atoms. The van der Waals surface area contributed by atoms with Crippen LogP contribution in [0.1, 0.15) is 56.1 Å². The predicted molar refractivity (Wildman–Crippen MR) is 71.2 cm³/mol. The van der Waals surface area contributed by atoms with E-state index in [4.69, 9.17) is 0 Å². The van der Waals surface area contributed by atoms with E-state index in [1.807, 2.05) is 24.3 Å². The first-order valence-corrected chi connectivity index (χ1v) is 6.64. The van der Waals surface area contributed by atoms with Crippen LogP contribution in [-0.4, -0.2) is 5.78 Å². The first-order chi connectivity index (χ1) is 8.61. The standard InChI is InChI=1S/C16H19NO/c1-11(2)13-5-7-14(8-6-13)15(10-17)16(18)9-12-3-4-12/h5-8,11-12,15H,3-4,9H2,1-2H3. The number of ketones is 1. The maximum atomic E-state index is 12.0. The molecule has 1 aliphatic rings. The Morgan fingerprint density at radius 2 is 1.83 bits per heavy atom. The molecular formula is C16H19NO. The molecule has 2 nitrogen and oxygen atoms in total. The molecule has 1 saturated carbocycles. The maximum Gasteiger partial charge on any atom is 0.154 e. The van der Waals surface area contributed by atoms with Gasteiger partial charge in [0.1, 0.15) is 5.92 Å². The molecule has 0 heterocycles. The highest BCUT2D eigenvalue weighted by atomic mass is 16.1. The molecule has 1 aliphatic carbocycles. The van der Waals surface area contributed by atoms with Crippen molar-refractivity contribution in [3.8, 4) is 6.07 Å². The van der Waals surface area contributed by atoms with Gasteiger partial charge in [-0.15, -0.1) is 0 Å². The highest BCUT2D eigenvalue weighted by molar-refractivity contribution is 5.88. The molecule has 1 unspecified atom stereocenters. The summed E-state index contributed by atoms with van der Waals surface area (Å²) >= 11 is 0. The molecule has 1 fully saturated rings. The number of benzene rings is 1. The minimum atomic E-state index is -0.577. The molecular weight excluding hydrogens is 222 g/mol. The number of Topliss-reactive ketones (excluding diaryl/α,β-unsaturated/α-hetero) is 1. The summed E-state index contributed by atoms with van der Waals surface area (Å²) in [6.45, 7) is 4.27. The quantitative estimate of drug-likeness (QED) is 0.787. The molecule has 1 aromatic rings. The Hall–Kier alpha value is -1.62. The van der Waals surface area contributed by atoms with Gasteiger partial charge in [-0.3, -0.25) is 4.79 Å². The minimum absolute atomic E-state index is 0.0808. The van der Waals surface area contributed by atoms with E-state index >= 15 is 0 Å². The molecule has 0 N–H and O–H groups in total. The van der Waals surface area contributed by atoms with Crippen molar-refractivity contribution < 1.29 is 4.79 Å². The number of hydrogen-bond acceptors (Lipinski definition) is 2. The SMILES string of the molecule is CC(C)c1ccc(C(C#N)C(=O)CC2CC2)cc1. The summed E-state index contributed by atoms with van der Waals surface area (Å²) in [5.74, 6) is 0.522. The molecule has 2 heteroatoms.